The van der Waals surface area contributed by atoms with Crippen molar-refractivity contribution in [2.45, 2.75) is 32.7 Å². The van der Waals surface area contributed by atoms with E-state index in [0.717, 1.165) is 31.5 Å². The van der Waals surface area contributed by atoms with Gasteiger partial charge in [-0.25, -0.2) is 9.59 Å². The molecule has 1 aromatic rings. The molecule has 1 atom stereocenters. The Balaban J connectivity index is 1.89. The van der Waals surface area contributed by atoms with Crippen molar-refractivity contribution < 1.29 is 14.7 Å². The number of urea groups is 1. The lowest BCUT2D eigenvalue weighted by Gasteiger charge is -2.32. The third kappa shape index (κ3) is 4.21. The summed E-state index contributed by atoms with van der Waals surface area (Å²) >= 11 is 0. The standard InChI is InChI=1S/C16H22N2O3/c1-2-12-6-4-8-18(11-12)16(21)17-10-13-5-3-7-14(9-13)15(19)20/h3,5,7,9,12H,2,4,6,8,10-11H2,1H3,(H,17,21)(H,19,20). The molecule has 1 saturated heterocycles. The van der Waals surface area contributed by atoms with E-state index in [-0.39, 0.29) is 11.6 Å². The molecule has 2 N–H and O–H groups in total. The topological polar surface area (TPSA) is 69.6 Å². The largest absolute Gasteiger partial charge is 0.478 e. The van der Waals surface area contributed by atoms with Crippen molar-refractivity contribution in [3.8, 4) is 0 Å². The molecule has 0 aliphatic carbocycles. The molecule has 0 spiro atoms. The van der Waals surface area contributed by atoms with Gasteiger partial charge in [0.25, 0.3) is 0 Å². The second-order valence-electron chi connectivity index (χ2n) is 5.53. The maximum atomic E-state index is 12.2. The first-order chi connectivity index (χ1) is 10.1. The van der Waals surface area contributed by atoms with Crippen LogP contribution in [-0.4, -0.2) is 35.1 Å². The minimum atomic E-state index is -0.954. The van der Waals surface area contributed by atoms with Gasteiger partial charge in [0.2, 0.25) is 0 Å². The van der Waals surface area contributed by atoms with Gasteiger partial charge in [0.05, 0.1) is 5.56 Å². The lowest BCUT2D eigenvalue weighted by molar-refractivity contribution is 0.0696. The molecule has 1 unspecified atom stereocenters. The van der Waals surface area contributed by atoms with E-state index in [9.17, 15) is 9.59 Å². The van der Waals surface area contributed by atoms with Crippen LogP contribution in [0.25, 0.3) is 0 Å². The van der Waals surface area contributed by atoms with Crippen molar-refractivity contribution in [2.24, 2.45) is 5.92 Å². The van der Waals surface area contributed by atoms with Crippen LogP contribution in [-0.2, 0) is 6.54 Å². The number of hydrogen-bond donors (Lipinski definition) is 2. The zero-order valence-electron chi connectivity index (χ0n) is 12.3. The highest BCUT2D eigenvalue weighted by molar-refractivity contribution is 5.87. The fraction of sp³-hybridized carbons (Fsp3) is 0.500. The Hall–Kier alpha value is -2.04. The maximum Gasteiger partial charge on any atom is 0.335 e. The molecular formula is C16H22N2O3. The van der Waals surface area contributed by atoms with Crippen molar-refractivity contribution in [1.82, 2.24) is 10.2 Å². The van der Waals surface area contributed by atoms with E-state index in [2.05, 4.69) is 12.2 Å². The van der Waals surface area contributed by atoms with Gasteiger partial charge in [-0.15, -0.1) is 0 Å². The number of carboxylic acid groups (broad SMARTS) is 1. The van der Waals surface area contributed by atoms with Crippen LogP contribution >= 0.6 is 0 Å². The zero-order valence-corrected chi connectivity index (χ0v) is 12.3. The van der Waals surface area contributed by atoms with Gasteiger partial charge in [-0.3, -0.25) is 0 Å². The van der Waals surface area contributed by atoms with Crippen LogP contribution in [0.15, 0.2) is 24.3 Å². The van der Waals surface area contributed by atoms with Gasteiger partial charge < -0.3 is 15.3 Å². The Kier molecular flexibility index (Phi) is 5.20. The number of benzene rings is 1. The van der Waals surface area contributed by atoms with E-state index in [0.29, 0.717) is 12.5 Å². The average Bonchev–Trinajstić information content (AvgIpc) is 2.53. The summed E-state index contributed by atoms with van der Waals surface area (Å²) in [6, 6.07) is 6.59. The van der Waals surface area contributed by atoms with Gasteiger partial charge in [0, 0.05) is 19.6 Å². The first-order valence-corrected chi connectivity index (χ1v) is 7.45. The molecule has 2 amide bonds. The quantitative estimate of drug-likeness (QED) is 0.895. The monoisotopic (exact) mass is 290 g/mol. The minimum Gasteiger partial charge on any atom is -0.478 e. The summed E-state index contributed by atoms with van der Waals surface area (Å²) in [7, 11) is 0. The van der Waals surface area contributed by atoms with E-state index in [1.165, 1.54) is 6.42 Å². The predicted octanol–water partition coefficient (Wildman–Crippen LogP) is 2.72. The minimum absolute atomic E-state index is 0.0612. The number of likely N-dealkylation sites (tertiary alicyclic amines) is 1. The molecule has 114 valence electrons. The van der Waals surface area contributed by atoms with Crippen LogP contribution in [0.5, 0.6) is 0 Å². The SMILES string of the molecule is CCC1CCCN(C(=O)NCc2cccc(C(=O)O)c2)C1. The number of carbonyl (C=O) groups excluding carboxylic acids is 1. The van der Waals surface area contributed by atoms with E-state index >= 15 is 0 Å². The molecule has 0 aromatic heterocycles. The van der Waals surface area contributed by atoms with Crippen molar-refractivity contribution in [1.29, 1.82) is 0 Å². The lowest BCUT2D eigenvalue weighted by Crippen LogP contribution is -2.45. The molecule has 1 aliphatic heterocycles. The van der Waals surface area contributed by atoms with Crippen LogP contribution in [0.2, 0.25) is 0 Å². The van der Waals surface area contributed by atoms with Crippen LogP contribution in [0.3, 0.4) is 0 Å². The molecule has 1 heterocycles. The number of carboxylic acids is 1. The Morgan fingerprint density at radius 1 is 1.43 bits per heavy atom. The molecule has 0 bridgehead atoms. The second-order valence-corrected chi connectivity index (χ2v) is 5.53. The predicted molar refractivity (Wildman–Crippen MR) is 80.2 cm³/mol. The fourth-order valence-corrected chi connectivity index (χ4v) is 2.69. The second kappa shape index (κ2) is 7.11. The molecule has 0 saturated carbocycles. The Morgan fingerprint density at radius 2 is 2.24 bits per heavy atom. The molecule has 21 heavy (non-hydrogen) atoms. The van der Waals surface area contributed by atoms with Crippen molar-refractivity contribution in [3.05, 3.63) is 35.4 Å². The molecule has 1 aromatic carbocycles. The number of nitrogens with zero attached hydrogens (tertiary/aromatic N) is 1. The maximum absolute atomic E-state index is 12.2. The smallest absolute Gasteiger partial charge is 0.335 e. The number of rotatable bonds is 4. The normalized spacial score (nSPS) is 18.3. The molecule has 0 radical (unpaired) electrons. The number of piperidine rings is 1. The van der Waals surface area contributed by atoms with E-state index in [1.807, 2.05) is 11.0 Å². The summed E-state index contributed by atoms with van der Waals surface area (Å²) < 4.78 is 0. The van der Waals surface area contributed by atoms with Crippen molar-refractivity contribution in [2.75, 3.05) is 13.1 Å². The third-order valence-electron chi connectivity index (χ3n) is 4.00. The Labute approximate surface area is 125 Å². The zero-order chi connectivity index (χ0) is 15.2. The summed E-state index contributed by atoms with van der Waals surface area (Å²) in [5.74, 6) is -0.357. The molecule has 2 rings (SSSR count). The molecule has 1 fully saturated rings. The number of hydrogen-bond acceptors (Lipinski definition) is 2. The summed E-state index contributed by atoms with van der Waals surface area (Å²) in [6.07, 6.45) is 3.35. The van der Waals surface area contributed by atoms with E-state index < -0.39 is 5.97 Å². The van der Waals surface area contributed by atoms with Crippen LogP contribution in [0.4, 0.5) is 4.79 Å². The number of aromatic carboxylic acids is 1. The molecule has 5 nitrogen and oxygen atoms in total. The van der Waals surface area contributed by atoms with Gasteiger partial charge in [-0.05, 0) is 36.5 Å². The van der Waals surface area contributed by atoms with Crippen LogP contribution in [0.1, 0.15) is 42.1 Å². The molecular weight excluding hydrogens is 268 g/mol. The van der Waals surface area contributed by atoms with Gasteiger partial charge >= 0.3 is 12.0 Å². The average molecular weight is 290 g/mol. The Bertz CT molecular complexity index is 516. The fourth-order valence-electron chi connectivity index (χ4n) is 2.69. The first-order valence-electron chi connectivity index (χ1n) is 7.45. The highest BCUT2D eigenvalue weighted by Gasteiger charge is 2.22. The number of carbonyl (C=O) groups is 2. The molecule has 5 heteroatoms. The van der Waals surface area contributed by atoms with E-state index in [1.54, 1.807) is 18.2 Å². The third-order valence-corrected chi connectivity index (χ3v) is 4.00. The van der Waals surface area contributed by atoms with Crippen LogP contribution < -0.4 is 5.32 Å². The highest BCUT2D eigenvalue weighted by Crippen LogP contribution is 2.19. The summed E-state index contributed by atoms with van der Waals surface area (Å²) in [6.45, 7) is 4.13. The molecule has 1 aliphatic rings. The van der Waals surface area contributed by atoms with E-state index in [4.69, 9.17) is 5.11 Å². The number of amides is 2. The van der Waals surface area contributed by atoms with Gasteiger partial charge in [-0.2, -0.15) is 0 Å². The van der Waals surface area contributed by atoms with Gasteiger partial charge in [0.1, 0.15) is 0 Å². The summed E-state index contributed by atoms with van der Waals surface area (Å²) in [5.41, 5.74) is 1.04. The van der Waals surface area contributed by atoms with Crippen molar-refractivity contribution >= 4 is 12.0 Å². The van der Waals surface area contributed by atoms with Gasteiger partial charge in [0.15, 0.2) is 0 Å². The number of nitrogens with one attached hydrogen (secondary N) is 1. The summed E-state index contributed by atoms with van der Waals surface area (Å²) in [4.78, 5) is 24.9. The first kappa shape index (κ1) is 15.4. The van der Waals surface area contributed by atoms with Crippen molar-refractivity contribution in [3.63, 3.8) is 0 Å². The van der Waals surface area contributed by atoms with Crippen LogP contribution in [0, 0.1) is 5.92 Å². The van der Waals surface area contributed by atoms with Gasteiger partial charge in [-0.1, -0.05) is 25.5 Å². The lowest BCUT2D eigenvalue weighted by atomic mass is 9.96. The Morgan fingerprint density at radius 3 is 2.95 bits per heavy atom. The summed E-state index contributed by atoms with van der Waals surface area (Å²) in [5, 5.41) is 11.8. The highest BCUT2D eigenvalue weighted by atomic mass is 16.4.